The first-order valence-electron chi connectivity index (χ1n) is 9.21. The molecule has 0 spiro atoms. The third-order valence-electron chi connectivity index (χ3n) is 4.80. The van der Waals surface area contributed by atoms with Gasteiger partial charge in [0.15, 0.2) is 11.5 Å². The van der Waals surface area contributed by atoms with Gasteiger partial charge in [0.25, 0.3) is 0 Å². The minimum atomic E-state index is 0. The average Bonchev–Trinajstić information content (AvgIpc) is 2.74. The SMILES string of the molecule is Br.COc1cc(Br)c2c(c1OCc1ccccc1)CN(Nc1ccncc1)CC2. The Morgan fingerprint density at radius 3 is 2.59 bits per heavy atom. The molecule has 0 atom stereocenters. The van der Waals surface area contributed by atoms with Crippen molar-refractivity contribution in [2.24, 2.45) is 0 Å². The van der Waals surface area contributed by atoms with Gasteiger partial charge in [0, 0.05) is 35.5 Å². The molecule has 0 unspecified atom stereocenters. The van der Waals surface area contributed by atoms with Crippen LogP contribution >= 0.6 is 32.9 Å². The molecule has 29 heavy (non-hydrogen) atoms. The quantitative estimate of drug-likeness (QED) is 0.471. The van der Waals surface area contributed by atoms with Crippen LogP contribution in [0.4, 0.5) is 5.69 Å². The Bertz CT molecular complexity index is 940. The molecule has 4 rings (SSSR count). The van der Waals surface area contributed by atoms with Gasteiger partial charge >= 0.3 is 0 Å². The lowest BCUT2D eigenvalue weighted by Gasteiger charge is -2.32. The molecule has 0 aliphatic carbocycles. The number of benzene rings is 2. The zero-order valence-corrected chi connectivity index (χ0v) is 19.4. The zero-order chi connectivity index (χ0) is 19.3. The number of anilines is 1. The molecule has 0 fully saturated rings. The Hall–Kier alpha value is -2.09. The van der Waals surface area contributed by atoms with Crippen LogP contribution in [-0.4, -0.2) is 23.6 Å². The summed E-state index contributed by atoms with van der Waals surface area (Å²) < 4.78 is 13.0. The summed E-state index contributed by atoms with van der Waals surface area (Å²) in [6, 6.07) is 16.1. The number of pyridine rings is 1. The van der Waals surface area contributed by atoms with Gasteiger partial charge in [-0.05, 0) is 35.7 Å². The molecule has 0 bridgehead atoms. The fourth-order valence-electron chi connectivity index (χ4n) is 3.40. The number of methoxy groups -OCH3 is 1. The van der Waals surface area contributed by atoms with E-state index in [-0.39, 0.29) is 17.0 Å². The summed E-state index contributed by atoms with van der Waals surface area (Å²) in [5, 5.41) is 2.19. The first-order valence-corrected chi connectivity index (χ1v) is 10.0. The van der Waals surface area contributed by atoms with Crippen LogP contribution in [0.5, 0.6) is 11.5 Å². The maximum absolute atomic E-state index is 6.26. The molecule has 152 valence electrons. The van der Waals surface area contributed by atoms with Crippen molar-refractivity contribution in [1.29, 1.82) is 0 Å². The lowest BCUT2D eigenvalue weighted by molar-refractivity contribution is 0.259. The van der Waals surface area contributed by atoms with Gasteiger partial charge in [-0.1, -0.05) is 46.3 Å². The molecule has 0 radical (unpaired) electrons. The first-order chi connectivity index (χ1) is 13.7. The zero-order valence-electron chi connectivity index (χ0n) is 16.1. The molecule has 1 aromatic heterocycles. The normalized spacial score (nSPS) is 13.2. The number of rotatable bonds is 6. The lowest BCUT2D eigenvalue weighted by atomic mass is 9.99. The van der Waals surface area contributed by atoms with Crippen LogP contribution < -0.4 is 14.9 Å². The highest BCUT2D eigenvalue weighted by atomic mass is 79.9. The molecule has 7 heteroatoms. The predicted molar refractivity (Wildman–Crippen MR) is 124 cm³/mol. The summed E-state index contributed by atoms with van der Waals surface area (Å²) in [7, 11) is 1.68. The van der Waals surface area contributed by atoms with Crippen LogP contribution in [-0.2, 0) is 19.6 Å². The predicted octanol–water partition coefficient (Wildman–Crippen LogP) is 5.39. The maximum Gasteiger partial charge on any atom is 0.166 e. The molecule has 3 aromatic rings. The lowest BCUT2D eigenvalue weighted by Crippen LogP contribution is -2.35. The summed E-state index contributed by atoms with van der Waals surface area (Å²) in [4.78, 5) is 4.07. The fraction of sp³-hybridized carbons (Fsp3) is 0.227. The van der Waals surface area contributed by atoms with E-state index in [1.165, 1.54) is 5.56 Å². The van der Waals surface area contributed by atoms with Crippen LogP contribution in [0.25, 0.3) is 0 Å². The molecule has 5 nitrogen and oxygen atoms in total. The molecule has 1 N–H and O–H groups in total. The number of halogens is 2. The molecular formula is C22H23Br2N3O2. The molecule has 2 aromatic carbocycles. The van der Waals surface area contributed by atoms with E-state index in [9.17, 15) is 0 Å². The maximum atomic E-state index is 6.26. The van der Waals surface area contributed by atoms with Crippen LogP contribution in [0.3, 0.4) is 0 Å². The Labute approximate surface area is 189 Å². The van der Waals surface area contributed by atoms with Crippen LogP contribution in [0.1, 0.15) is 16.7 Å². The van der Waals surface area contributed by atoms with E-state index < -0.39 is 0 Å². The van der Waals surface area contributed by atoms with E-state index in [0.717, 1.165) is 52.3 Å². The number of fused-ring (bicyclic) bond motifs is 1. The van der Waals surface area contributed by atoms with Crippen LogP contribution in [0, 0.1) is 0 Å². The van der Waals surface area contributed by atoms with E-state index >= 15 is 0 Å². The third kappa shape index (κ3) is 5.10. The van der Waals surface area contributed by atoms with Crippen molar-refractivity contribution in [2.75, 3.05) is 19.1 Å². The highest BCUT2D eigenvalue weighted by molar-refractivity contribution is 9.10. The molecule has 0 saturated carbocycles. The van der Waals surface area contributed by atoms with E-state index in [1.54, 1.807) is 19.5 Å². The topological polar surface area (TPSA) is 46.6 Å². The molecule has 1 aliphatic heterocycles. The first kappa shape index (κ1) is 21.6. The smallest absolute Gasteiger partial charge is 0.166 e. The van der Waals surface area contributed by atoms with Gasteiger partial charge in [-0.15, -0.1) is 17.0 Å². The summed E-state index contributed by atoms with van der Waals surface area (Å²) in [5.74, 6) is 1.55. The van der Waals surface area contributed by atoms with Crippen LogP contribution in [0.2, 0.25) is 0 Å². The van der Waals surface area contributed by atoms with E-state index in [4.69, 9.17) is 9.47 Å². The van der Waals surface area contributed by atoms with Crippen molar-refractivity contribution in [1.82, 2.24) is 9.99 Å². The van der Waals surface area contributed by atoms with Gasteiger partial charge in [-0.25, -0.2) is 5.01 Å². The minimum absolute atomic E-state index is 0. The van der Waals surface area contributed by atoms with Gasteiger partial charge in [0.1, 0.15) is 6.61 Å². The minimum Gasteiger partial charge on any atom is -0.493 e. The number of hydrogen-bond donors (Lipinski definition) is 1. The Morgan fingerprint density at radius 2 is 1.86 bits per heavy atom. The van der Waals surface area contributed by atoms with Crippen molar-refractivity contribution >= 4 is 38.6 Å². The van der Waals surface area contributed by atoms with Crippen molar-refractivity contribution in [3.05, 3.63) is 82.1 Å². The second kappa shape index (κ2) is 10.1. The van der Waals surface area contributed by atoms with Crippen molar-refractivity contribution in [2.45, 2.75) is 19.6 Å². The highest BCUT2D eigenvalue weighted by Gasteiger charge is 2.25. The van der Waals surface area contributed by atoms with Gasteiger partial charge in [0.05, 0.1) is 12.8 Å². The number of aromatic nitrogens is 1. The Morgan fingerprint density at radius 1 is 1.10 bits per heavy atom. The second-order valence-electron chi connectivity index (χ2n) is 6.64. The number of hydrogen-bond acceptors (Lipinski definition) is 5. The number of hydrazine groups is 1. The second-order valence-corrected chi connectivity index (χ2v) is 7.49. The standard InChI is InChI=1S/C22H22BrN3O2.BrH/c1-27-21-13-20(23)18-9-12-26(25-17-7-10-24-11-8-17)14-19(18)22(21)28-15-16-5-3-2-4-6-16;/h2-8,10-11,13H,9,12,14-15H2,1H3,(H,24,25);1H. The average molecular weight is 521 g/mol. The summed E-state index contributed by atoms with van der Waals surface area (Å²) in [6.07, 6.45) is 4.49. The molecule has 2 heterocycles. The van der Waals surface area contributed by atoms with E-state index in [0.29, 0.717) is 6.61 Å². The summed E-state index contributed by atoms with van der Waals surface area (Å²) in [6.45, 7) is 2.12. The Kier molecular flexibility index (Phi) is 7.52. The molecule has 0 amide bonds. The third-order valence-corrected chi connectivity index (χ3v) is 5.51. The van der Waals surface area contributed by atoms with E-state index in [2.05, 4.69) is 43.5 Å². The number of nitrogens with one attached hydrogen (secondary N) is 1. The van der Waals surface area contributed by atoms with Crippen molar-refractivity contribution < 1.29 is 9.47 Å². The van der Waals surface area contributed by atoms with Gasteiger partial charge in [-0.2, -0.15) is 0 Å². The highest BCUT2D eigenvalue weighted by Crippen LogP contribution is 2.41. The van der Waals surface area contributed by atoms with Gasteiger partial charge < -0.3 is 14.9 Å². The molecule has 0 saturated heterocycles. The fourth-order valence-corrected chi connectivity index (χ4v) is 4.04. The summed E-state index contributed by atoms with van der Waals surface area (Å²) in [5.41, 5.74) is 8.03. The Balaban J connectivity index is 0.00000240. The number of ether oxygens (including phenoxy) is 2. The molecule has 1 aliphatic rings. The van der Waals surface area contributed by atoms with Gasteiger partial charge in [-0.3, -0.25) is 4.98 Å². The van der Waals surface area contributed by atoms with Crippen LogP contribution in [0.15, 0.2) is 65.4 Å². The summed E-state index contributed by atoms with van der Waals surface area (Å²) >= 11 is 3.71. The largest absolute Gasteiger partial charge is 0.493 e. The number of nitrogens with zero attached hydrogens (tertiary/aromatic N) is 2. The monoisotopic (exact) mass is 519 g/mol. The van der Waals surface area contributed by atoms with Gasteiger partial charge in [0.2, 0.25) is 0 Å². The van der Waals surface area contributed by atoms with E-state index in [1.807, 2.05) is 36.4 Å². The van der Waals surface area contributed by atoms with Crippen molar-refractivity contribution in [3.8, 4) is 11.5 Å². The van der Waals surface area contributed by atoms with Crippen molar-refractivity contribution in [3.63, 3.8) is 0 Å². The molecular weight excluding hydrogens is 498 g/mol.